The maximum Gasteiger partial charge on any atom is 0.264 e. The Morgan fingerprint density at radius 1 is 1.17 bits per heavy atom. The van der Waals surface area contributed by atoms with Gasteiger partial charge in [-0.25, -0.2) is 18.1 Å². The normalized spacial score (nSPS) is 32.2. The molecule has 1 saturated carbocycles. The monoisotopic (exact) mass is 709 g/mol. The zero-order valence-corrected chi connectivity index (χ0v) is 30.4. The summed E-state index contributed by atoms with van der Waals surface area (Å²) in [5.41, 5.74) is 3.49. The molecule has 256 valence electrons. The number of nitrogens with zero attached hydrogens (tertiary/aromatic N) is 2. The van der Waals surface area contributed by atoms with Gasteiger partial charge < -0.3 is 14.4 Å². The molecule has 2 aromatic carbocycles. The van der Waals surface area contributed by atoms with Crippen LogP contribution in [0.4, 0.5) is 5.69 Å². The summed E-state index contributed by atoms with van der Waals surface area (Å²) in [7, 11) is -2.20. The van der Waals surface area contributed by atoms with Gasteiger partial charge in [0.25, 0.3) is 5.91 Å². The molecule has 1 N–H and O–H groups in total. The van der Waals surface area contributed by atoms with Crippen LogP contribution in [0.1, 0.15) is 78.1 Å². The van der Waals surface area contributed by atoms with Gasteiger partial charge in [-0.3, -0.25) is 4.79 Å². The van der Waals surface area contributed by atoms with Crippen LogP contribution >= 0.6 is 22.9 Å². The average molecular weight is 710 g/mol. The van der Waals surface area contributed by atoms with E-state index >= 15 is 0 Å². The number of fused-ring (bicyclic) bond motifs is 4. The highest BCUT2D eigenvalue weighted by molar-refractivity contribution is 7.90. The Morgan fingerprint density at radius 3 is 2.73 bits per heavy atom. The van der Waals surface area contributed by atoms with Gasteiger partial charge in [-0.05, 0) is 106 Å². The number of aryl methyl sites for hydroxylation is 2. The fraction of sp³-hybridized carbons (Fsp3) is 0.514. The number of allylic oxidation sites excluding steroid dienone is 1. The molecule has 7 rings (SSSR count). The van der Waals surface area contributed by atoms with Crippen LogP contribution in [0, 0.1) is 24.7 Å². The molecule has 2 bridgehead atoms. The molecule has 48 heavy (non-hydrogen) atoms. The van der Waals surface area contributed by atoms with E-state index in [0.29, 0.717) is 30.9 Å². The van der Waals surface area contributed by atoms with Gasteiger partial charge in [0.15, 0.2) is 0 Å². The quantitative estimate of drug-likeness (QED) is 0.282. The summed E-state index contributed by atoms with van der Waals surface area (Å²) in [6.07, 6.45) is 9.66. The van der Waals surface area contributed by atoms with Crippen molar-refractivity contribution in [3.8, 4) is 5.75 Å². The van der Waals surface area contributed by atoms with E-state index in [1.165, 1.54) is 11.1 Å². The molecule has 0 saturated heterocycles. The average Bonchev–Trinajstić information content (AvgIpc) is 3.43. The summed E-state index contributed by atoms with van der Waals surface area (Å²) in [5, 5.41) is 3.02. The third-order valence-corrected chi connectivity index (χ3v) is 14.4. The Bertz CT molecular complexity index is 1860. The topological polar surface area (TPSA) is 97.8 Å². The highest BCUT2D eigenvalue weighted by Gasteiger charge is 2.51. The molecule has 2 aliphatic heterocycles. The lowest BCUT2D eigenvalue weighted by Crippen LogP contribution is -2.52. The summed E-state index contributed by atoms with van der Waals surface area (Å²) < 4.78 is 42.5. The van der Waals surface area contributed by atoms with Crippen molar-refractivity contribution >= 4 is 44.6 Å². The lowest BCUT2D eigenvalue weighted by molar-refractivity contribution is -0.0828. The minimum Gasteiger partial charge on any atom is -0.490 e. The number of thiazole rings is 1. The standard InChI is InChI=1S/C37H44ClN3O5S2/c1-23-7-5-16-37(45-4,34-20-47-25(3)39-34)31-12-9-28(31)19-41-21-36(15-6-8-26-17-29(38)11-13-30(26)36)22-46-33-14-10-27(18-32(33)41)35(42)40-48(43,44)24(23)2/h5,10-11,13-14,16-18,20,23-24,28,31H,6-9,12,15,19,21-22H2,1-4H3,(H,40,42)/b16-5+/t23-,24+,28-,31+,36-,37-/m0/s1. The minimum absolute atomic E-state index is 0.150. The molecule has 2 aliphatic carbocycles. The van der Waals surface area contributed by atoms with Crippen LogP contribution in [-0.2, 0) is 32.2 Å². The molecule has 3 aromatic rings. The first-order valence-electron chi connectivity index (χ1n) is 17.0. The molecule has 1 spiro atoms. The van der Waals surface area contributed by atoms with Gasteiger partial charge in [0.2, 0.25) is 10.0 Å². The zero-order valence-electron chi connectivity index (χ0n) is 28.0. The number of carbonyl (C=O) groups excluding carboxylic acids is 1. The number of rotatable bonds is 2. The number of hydrogen-bond donors (Lipinski definition) is 1. The van der Waals surface area contributed by atoms with Crippen molar-refractivity contribution in [3.05, 3.63) is 86.3 Å². The van der Waals surface area contributed by atoms with Gasteiger partial charge in [-0.1, -0.05) is 36.7 Å². The van der Waals surface area contributed by atoms with Gasteiger partial charge in [0, 0.05) is 47.5 Å². The van der Waals surface area contributed by atoms with Crippen molar-refractivity contribution in [3.63, 3.8) is 0 Å². The van der Waals surface area contributed by atoms with Crippen LogP contribution in [0.15, 0.2) is 53.9 Å². The maximum absolute atomic E-state index is 13.6. The number of carbonyl (C=O) groups is 1. The predicted molar refractivity (Wildman–Crippen MR) is 191 cm³/mol. The number of sulfonamides is 1. The number of ether oxygens (including phenoxy) is 2. The fourth-order valence-corrected chi connectivity index (χ4v) is 10.5. The van der Waals surface area contributed by atoms with Crippen LogP contribution in [0.2, 0.25) is 5.02 Å². The Balaban J connectivity index is 1.36. The van der Waals surface area contributed by atoms with Crippen molar-refractivity contribution in [1.82, 2.24) is 9.71 Å². The van der Waals surface area contributed by atoms with Gasteiger partial charge in [0.05, 0.1) is 28.2 Å². The van der Waals surface area contributed by atoms with Crippen LogP contribution in [0.25, 0.3) is 0 Å². The predicted octanol–water partition coefficient (Wildman–Crippen LogP) is 7.19. The van der Waals surface area contributed by atoms with Gasteiger partial charge >= 0.3 is 0 Å². The van der Waals surface area contributed by atoms with Crippen LogP contribution < -0.4 is 14.4 Å². The molecular formula is C37H44ClN3O5S2. The second-order valence-electron chi connectivity index (χ2n) is 14.3. The van der Waals surface area contributed by atoms with E-state index in [9.17, 15) is 13.2 Å². The number of amides is 1. The SMILES string of the molecule is CO[C@@]1(c2csc(C)n2)/C=C/C[C@H](C)[C@@H](C)S(=O)(=O)NC(=O)c2ccc3c(c2)N(C[C@@H]2CC[C@H]21)C[C@@]1(CCCc2cc(Cl)ccc21)CO3. The highest BCUT2D eigenvalue weighted by Crippen LogP contribution is 2.52. The van der Waals surface area contributed by atoms with E-state index in [1.54, 1.807) is 31.4 Å². The number of nitrogens with one attached hydrogen (secondary N) is 1. The first-order chi connectivity index (χ1) is 22.9. The van der Waals surface area contributed by atoms with Crippen LogP contribution in [0.3, 0.4) is 0 Å². The number of hydrogen-bond acceptors (Lipinski definition) is 8. The van der Waals surface area contributed by atoms with Crippen LogP contribution in [-0.4, -0.2) is 51.4 Å². The first kappa shape index (κ1) is 33.6. The Morgan fingerprint density at radius 2 is 2.00 bits per heavy atom. The molecule has 1 amide bonds. The van der Waals surface area contributed by atoms with E-state index in [4.69, 9.17) is 26.1 Å². The van der Waals surface area contributed by atoms with Gasteiger partial charge in [0.1, 0.15) is 11.4 Å². The largest absolute Gasteiger partial charge is 0.490 e. The van der Waals surface area contributed by atoms with E-state index in [2.05, 4.69) is 39.3 Å². The summed E-state index contributed by atoms with van der Waals surface area (Å²) in [6, 6.07) is 11.5. The Labute approximate surface area is 292 Å². The molecule has 8 nitrogen and oxygen atoms in total. The van der Waals surface area contributed by atoms with E-state index < -0.39 is 26.8 Å². The summed E-state index contributed by atoms with van der Waals surface area (Å²) in [5.74, 6) is 0.241. The second kappa shape index (κ2) is 12.8. The maximum atomic E-state index is 13.6. The fourth-order valence-electron chi connectivity index (χ4n) is 8.39. The van der Waals surface area contributed by atoms with Crippen molar-refractivity contribution < 1.29 is 22.7 Å². The summed E-state index contributed by atoms with van der Waals surface area (Å²) in [4.78, 5) is 20.9. The molecule has 1 aromatic heterocycles. The smallest absolute Gasteiger partial charge is 0.264 e. The summed E-state index contributed by atoms with van der Waals surface area (Å²) >= 11 is 8.08. The number of benzene rings is 2. The van der Waals surface area contributed by atoms with E-state index in [1.807, 2.05) is 32.0 Å². The first-order valence-corrected chi connectivity index (χ1v) is 19.8. The second-order valence-corrected chi connectivity index (χ2v) is 17.8. The lowest BCUT2D eigenvalue weighted by atomic mass is 9.63. The van der Waals surface area contributed by atoms with Crippen molar-refractivity contribution in [2.45, 2.75) is 75.6 Å². The van der Waals surface area contributed by atoms with E-state index in [-0.39, 0.29) is 23.2 Å². The molecule has 0 radical (unpaired) electrons. The molecule has 4 aliphatic rings. The van der Waals surface area contributed by atoms with Crippen molar-refractivity contribution in [2.24, 2.45) is 17.8 Å². The Kier molecular flexibility index (Phi) is 8.92. The number of halogens is 1. The molecule has 11 heteroatoms. The molecule has 6 atom stereocenters. The van der Waals surface area contributed by atoms with E-state index in [0.717, 1.165) is 60.1 Å². The molecule has 1 fully saturated rings. The van der Waals surface area contributed by atoms with Gasteiger partial charge in [-0.15, -0.1) is 11.3 Å². The van der Waals surface area contributed by atoms with Crippen molar-refractivity contribution in [1.29, 1.82) is 0 Å². The molecular weight excluding hydrogens is 666 g/mol. The molecule has 3 heterocycles. The number of methoxy groups -OCH3 is 1. The molecule has 0 unspecified atom stereocenters. The zero-order chi connectivity index (χ0) is 33.8. The van der Waals surface area contributed by atoms with Gasteiger partial charge in [-0.2, -0.15) is 0 Å². The lowest BCUT2D eigenvalue weighted by Gasteiger charge is -2.50. The summed E-state index contributed by atoms with van der Waals surface area (Å²) in [6.45, 7) is 7.50. The number of anilines is 1. The third kappa shape index (κ3) is 5.86. The Hall–Kier alpha value is -2.92. The third-order valence-electron chi connectivity index (χ3n) is 11.5. The van der Waals surface area contributed by atoms with Crippen molar-refractivity contribution in [2.75, 3.05) is 31.7 Å². The van der Waals surface area contributed by atoms with Crippen LogP contribution in [0.5, 0.6) is 5.75 Å². The minimum atomic E-state index is -3.96. The number of aromatic nitrogens is 1. The highest BCUT2D eigenvalue weighted by atomic mass is 35.5.